The van der Waals surface area contributed by atoms with Gasteiger partial charge in [0.2, 0.25) is 5.91 Å². The van der Waals surface area contributed by atoms with Gasteiger partial charge in [0.15, 0.2) is 0 Å². The van der Waals surface area contributed by atoms with Gasteiger partial charge in [-0.2, -0.15) is 0 Å². The lowest BCUT2D eigenvalue weighted by atomic mass is 9.63. The van der Waals surface area contributed by atoms with Gasteiger partial charge >= 0.3 is 0 Å². The van der Waals surface area contributed by atoms with Crippen molar-refractivity contribution < 1.29 is 9.59 Å². The summed E-state index contributed by atoms with van der Waals surface area (Å²) in [6.45, 7) is 2.96. The number of hydrogen-bond acceptors (Lipinski definition) is 2. The molecule has 2 fully saturated rings. The van der Waals surface area contributed by atoms with Crippen LogP contribution in [0.1, 0.15) is 38.2 Å². The zero-order valence-corrected chi connectivity index (χ0v) is 14.1. The molecule has 3 nitrogen and oxygen atoms in total. The van der Waals surface area contributed by atoms with E-state index in [2.05, 4.69) is 0 Å². The van der Waals surface area contributed by atoms with E-state index in [0.717, 1.165) is 24.8 Å². The summed E-state index contributed by atoms with van der Waals surface area (Å²) in [6.07, 6.45) is 3.17. The van der Waals surface area contributed by atoms with Crippen molar-refractivity contribution in [2.45, 2.75) is 38.0 Å². The molecule has 0 aromatic heterocycles. The first-order chi connectivity index (χ1) is 10.4. The van der Waals surface area contributed by atoms with E-state index in [1.165, 1.54) is 0 Å². The minimum absolute atomic E-state index is 0.0661. The van der Waals surface area contributed by atoms with Crippen molar-refractivity contribution in [2.75, 3.05) is 13.1 Å². The summed E-state index contributed by atoms with van der Waals surface area (Å²) in [5.41, 5.74) is 0.469. The number of hydrogen-bond donors (Lipinski definition) is 0. The molecule has 1 unspecified atom stereocenters. The average molecular weight is 340 g/mol. The van der Waals surface area contributed by atoms with Gasteiger partial charge in [-0.15, -0.1) is 0 Å². The van der Waals surface area contributed by atoms with Crippen LogP contribution in [0, 0.1) is 5.92 Å². The monoisotopic (exact) mass is 339 g/mol. The first kappa shape index (κ1) is 15.8. The lowest BCUT2D eigenvalue weighted by molar-refractivity contribution is -0.144. The fourth-order valence-corrected chi connectivity index (χ4v) is 3.75. The largest absolute Gasteiger partial charge is 0.341 e. The highest BCUT2D eigenvalue weighted by Gasteiger charge is 2.48. The summed E-state index contributed by atoms with van der Waals surface area (Å²) in [4.78, 5) is 26.6. The van der Waals surface area contributed by atoms with Gasteiger partial charge in [0.25, 0.3) is 0 Å². The summed E-state index contributed by atoms with van der Waals surface area (Å²) >= 11 is 12.1. The Morgan fingerprint density at radius 1 is 1.27 bits per heavy atom. The standard InChI is InChI=1S/C17H19Cl2NO2/c1-11-10-20(8-5-15(11)21)16(22)17(6-2-7-17)12-3-4-13(18)14(19)9-12/h3-4,9,11H,2,5-8,10H2,1H3. The maximum atomic E-state index is 13.1. The molecule has 1 atom stereocenters. The Balaban J connectivity index is 1.88. The van der Waals surface area contributed by atoms with E-state index in [1.807, 2.05) is 24.0 Å². The van der Waals surface area contributed by atoms with Crippen LogP contribution >= 0.6 is 23.2 Å². The molecule has 3 rings (SSSR count). The highest BCUT2D eigenvalue weighted by Crippen LogP contribution is 2.46. The molecule has 1 amide bonds. The summed E-state index contributed by atoms with van der Waals surface area (Å²) in [6, 6.07) is 5.48. The molecule has 22 heavy (non-hydrogen) atoms. The molecule has 1 saturated carbocycles. The van der Waals surface area contributed by atoms with Crippen molar-refractivity contribution in [3.8, 4) is 0 Å². The Morgan fingerprint density at radius 2 is 2.00 bits per heavy atom. The van der Waals surface area contributed by atoms with Crippen LogP contribution < -0.4 is 0 Å². The van der Waals surface area contributed by atoms with E-state index >= 15 is 0 Å². The predicted octanol–water partition coefficient (Wildman–Crippen LogP) is 3.85. The smallest absolute Gasteiger partial charge is 0.233 e. The maximum absolute atomic E-state index is 13.1. The van der Waals surface area contributed by atoms with Gasteiger partial charge in [0.1, 0.15) is 5.78 Å². The van der Waals surface area contributed by atoms with Crippen LogP contribution in [0.25, 0.3) is 0 Å². The van der Waals surface area contributed by atoms with Crippen LogP contribution in [0.15, 0.2) is 18.2 Å². The molecule has 1 aliphatic heterocycles. The topological polar surface area (TPSA) is 37.4 Å². The zero-order valence-electron chi connectivity index (χ0n) is 12.6. The Labute approximate surface area is 140 Å². The first-order valence-electron chi connectivity index (χ1n) is 7.72. The van der Waals surface area contributed by atoms with Crippen LogP contribution in [0.3, 0.4) is 0 Å². The molecule has 2 aliphatic rings. The number of ketones is 1. The van der Waals surface area contributed by atoms with Crippen molar-refractivity contribution in [2.24, 2.45) is 5.92 Å². The average Bonchev–Trinajstić information content (AvgIpc) is 2.44. The van der Waals surface area contributed by atoms with Crippen LogP contribution in [-0.2, 0) is 15.0 Å². The molecule has 118 valence electrons. The molecule has 5 heteroatoms. The summed E-state index contributed by atoms with van der Waals surface area (Å²) < 4.78 is 0. The van der Waals surface area contributed by atoms with Gasteiger partial charge in [-0.1, -0.05) is 42.6 Å². The van der Waals surface area contributed by atoms with E-state index in [9.17, 15) is 9.59 Å². The number of rotatable bonds is 2. The van der Waals surface area contributed by atoms with E-state index in [1.54, 1.807) is 6.07 Å². The van der Waals surface area contributed by atoms with E-state index < -0.39 is 5.41 Å². The number of likely N-dealkylation sites (tertiary alicyclic amines) is 1. The Morgan fingerprint density at radius 3 is 2.55 bits per heavy atom. The lowest BCUT2D eigenvalue weighted by Gasteiger charge is -2.45. The molecule has 0 spiro atoms. The molecular formula is C17H19Cl2NO2. The third-order valence-electron chi connectivity index (χ3n) is 5.05. The molecule has 1 aromatic carbocycles. The van der Waals surface area contributed by atoms with Crippen molar-refractivity contribution in [3.05, 3.63) is 33.8 Å². The molecule has 1 heterocycles. The van der Waals surface area contributed by atoms with Crippen LogP contribution in [-0.4, -0.2) is 29.7 Å². The van der Waals surface area contributed by atoms with Gasteiger partial charge in [-0.25, -0.2) is 0 Å². The number of piperidine rings is 1. The highest BCUT2D eigenvalue weighted by atomic mass is 35.5. The van der Waals surface area contributed by atoms with Gasteiger partial charge in [0, 0.05) is 25.4 Å². The second kappa shape index (κ2) is 5.86. The van der Waals surface area contributed by atoms with Crippen molar-refractivity contribution in [1.29, 1.82) is 0 Å². The van der Waals surface area contributed by atoms with Crippen LogP contribution in [0.5, 0.6) is 0 Å². The minimum atomic E-state index is -0.478. The molecule has 0 N–H and O–H groups in total. The second-order valence-electron chi connectivity index (χ2n) is 6.43. The third kappa shape index (κ3) is 2.55. The molecule has 0 bridgehead atoms. The fraction of sp³-hybridized carbons (Fsp3) is 0.529. The highest BCUT2D eigenvalue weighted by molar-refractivity contribution is 6.42. The second-order valence-corrected chi connectivity index (χ2v) is 7.25. The fourth-order valence-electron chi connectivity index (χ4n) is 3.45. The van der Waals surface area contributed by atoms with Crippen LogP contribution in [0.4, 0.5) is 0 Å². The van der Waals surface area contributed by atoms with Crippen LogP contribution in [0.2, 0.25) is 10.0 Å². The SMILES string of the molecule is CC1CN(C(=O)C2(c3ccc(Cl)c(Cl)c3)CCC2)CCC1=O. The van der Waals surface area contributed by atoms with Gasteiger partial charge in [-0.05, 0) is 30.5 Å². The molecule has 1 aliphatic carbocycles. The predicted molar refractivity (Wildman–Crippen MR) is 87.4 cm³/mol. The van der Waals surface area contributed by atoms with Gasteiger partial charge < -0.3 is 4.90 Å². The summed E-state index contributed by atoms with van der Waals surface area (Å²) in [7, 11) is 0. The number of carbonyl (C=O) groups excluding carboxylic acids is 2. The van der Waals surface area contributed by atoms with Gasteiger partial charge in [0.05, 0.1) is 15.5 Å². The zero-order chi connectivity index (χ0) is 15.9. The van der Waals surface area contributed by atoms with E-state index in [0.29, 0.717) is 29.6 Å². The summed E-state index contributed by atoms with van der Waals surface area (Å²) in [5, 5.41) is 0.991. The number of carbonyl (C=O) groups is 2. The minimum Gasteiger partial charge on any atom is -0.341 e. The third-order valence-corrected chi connectivity index (χ3v) is 5.79. The molecule has 1 saturated heterocycles. The summed E-state index contributed by atoms with van der Waals surface area (Å²) in [5.74, 6) is 0.321. The Hall–Kier alpha value is -1.06. The number of nitrogens with zero attached hydrogens (tertiary/aromatic N) is 1. The normalized spacial score (nSPS) is 24.0. The number of halogens is 2. The first-order valence-corrected chi connectivity index (χ1v) is 8.47. The lowest BCUT2D eigenvalue weighted by Crippen LogP contribution is -2.54. The number of Topliss-reactive ketones (excluding diaryl/α,β-unsaturated/α-hetero) is 1. The quantitative estimate of drug-likeness (QED) is 0.820. The maximum Gasteiger partial charge on any atom is 0.233 e. The van der Waals surface area contributed by atoms with Crippen molar-refractivity contribution >= 4 is 34.9 Å². The molecule has 1 aromatic rings. The number of benzene rings is 1. The van der Waals surface area contributed by atoms with Gasteiger partial charge in [-0.3, -0.25) is 9.59 Å². The van der Waals surface area contributed by atoms with E-state index in [4.69, 9.17) is 23.2 Å². The Kier molecular flexibility index (Phi) is 4.21. The number of amides is 1. The van der Waals surface area contributed by atoms with Crippen molar-refractivity contribution in [3.63, 3.8) is 0 Å². The molecule has 0 radical (unpaired) electrons. The molecular weight excluding hydrogens is 321 g/mol. The Bertz CT molecular complexity index is 625. The van der Waals surface area contributed by atoms with Crippen molar-refractivity contribution in [1.82, 2.24) is 4.90 Å². The van der Waals surface area contributed by atoms with E-state index in [-0.39, 0.29) is 17.6 Å².